The zero-order valence-corrected chi connectivity index (χ0v) is 19.9. The molecule has 0 saturated heterocycles. The lowest BCUT2D eigenvalue weighted by molar-refractivity contribution is -0.120. The molecular weight excluding hydrogens is 450 g/mol. The van der Waals surface area contributed by atoms with Gasteiger partial charge in [-0.25, -0.2) is 0 Å². The second-order valence-electron chi connectivity index (χ2n) is 8.79. The first kappa shape index (κ1) is 21.9. The van der Waals surface area contributed by atoms with E-state index in [-0.39, 0.29) is 12.3 Å². The average molecular weight is 476 g/mol. The molecule has 0 aliphatic carbocycles. The molecule has 0 aliphatic rings. The lowest BCUT2D eigenvalue weighted by atomic mass is 10.0. The zero-order valence-electron chi connectivity index (χ0n) is 19.9. The molecule has 3 aromatic carbocycles. The second kappa shape index (κ2) is 9.23. The van der Waals surface area contributed by atoms with Gasteiger partial charge in [0.25, 0.3) is 0 Å². The highest BCUT2D eigenvalue weighted by Gasteiger charge is 2.21. The van der Waals surface area contributed by atoms with Crippen molar-refractivity contribution in [1.82, 2.24) is 15.3 Å². The number of methoxy groups -OCH3 is 1. The van der Waals surface area contributed by atoms with Gasteiger partial charge in [-0.3, -0.25) is 9.78 Å². The lowest BCUT2D eigenvalue weighted by Crippen LogP contribution is -2.27. The van der Waals surface area contributed by atoms with Crippen LogP contribution >= 0.6 is 0 Å². The van der Waals surface area contributed by atoms with Crippen molar-refractivity contribution in [1.29, 1.82) is 0 Å². The number of para-hydroxylation sites is 1. The van der Waals surface area contributed by atoms with Crippen molar-refractivity contribution in [2.75, 3.05) is 13.7 Å². The van der Waals surface area contributed by atoms with Gasteiger partial charge in [0, 0.05) is 51.7 Å². The third kappa shape index (κ3) is 3.96. The summed E-state index contributed by atoms with van der Waals surface area (Å²) in [5.41, 5.74) is 5.52. The van der Waals surface area contributed by atoms with Gasteiger partial charge in [-0.1, -0.05) is 36.4 Å². The Morgan fingerprint density at radius 3 is 2.72 bits per heavy atom. The number of fused-ring (bicyclic) bond motifs is 4. The summed E-state index contributed by atoms with van der Waals surface area (Å²) in [7, 11) is 1.64. The Labute approximate surface area is 207 Å². The molecule has 0 bridgehead atoms. The van der Waals surface area contributed by atoms with Crippen LogP contribution in [-0.4, -0.2) is 29.5 Å². The number of aromatic nitrogens is 2. The van der Waals surface area contributed by atoms with Crippen LogP contribution in [0.2, 0.25) is 0 Å². The molecule has 36 heavy (non-hydrogen) atoms. The number of furan rings is 1. The van der Waals surface area contributed by atoms with E-state index in [1.807, 2.05) is 66.9 Å². The number of ether oxygens (including phenoxy) is 1. The summed E-state index contributed by atoms with van der Waals surface area (Å²) in [6.45, 7) is 0.554. The van der Waals surface area contributed by atoms with Crippen LogP contribution in [0.15, 0.2) is 89.6 Å². The lowest BCUT2D eigenvalue weighted by Gasteiger charge is -2.07. The second-order valence-corrected chi connectivity index (χ2v) is 8.79. The Morgan fingerprint density at radius 1 is 1.00 bits per heavy atom. The van der Waals surface area contributed by atoms with Crippen LogP contribution in [0.3, 0.4) is 0 Å². The predicted molar refractivity (Wildman–Crippen MR) is 142 cm³/mol. The molecule has 3 heterocycles. The number of nitrogens with zero attached hydrogens (tertiary/aromatic N) is 1. The number of rotatable bonds is 7. The molecule has 0 spiro atoms. The largest absolute Gasteiger partial charge is 0.497 e. The first-order valence-corrected chi connectivity index (χ1v) is 12.0. The molecule has 0 fully saturated rings. The van der Waals surface area contributed by atoms with Crippen molar-refractivity contribution in [3.8, 4) is 17.1 Å². The van der Waals surface area contributed by atoms with Crippen LogP contribution < -0.4 is 10.1 Å². The van der Waals surface area contributed by atoms with E-state index >= 15 is 0 Å². The van der Waals surface area contributed by atoms with Gasteiger partial charge < -0.3 is 19.5 Å². The first-order valence-electron chi connectivity index (χ1n) is 12.0. The third-order valence-electron chi connectivity index (χ3n) is 6.61. The number of hydrogen-bond donors (Lipinski definition) is 2. The summed E-state index contributed by atoms with van der Waals surface area (Å²) < 4.78 is 11.7. The predicted octanol–water partition coefficient (Wildman–Crippen LogP) is 6.04. The van der Waals surface area contributed by atoms with Crippen LogP contribution in [0.5, 0.6) is 5.75 Å². The number of benzene rings is 3. The Morgan fingerprint density at radius 2 is 1.86 bits per heavy atom. The van der Waals surface area contributed by atoms with Crippen molar-refractivity contribution in [3.05, 3.63) is 96.3 Å². The normalized spacial score (nSPS) is 11.4. The van der Waals surface area contributed by atoms with Crippen LogP contribution in [0, 0.1) is 0 Å². The van der Waals surface area contributed by atoms with Crippen molar-refractivity contribution in [2.45, 2.75) is 12.8 Å². The van der Waals surface area contributed by atoms with E-state index in [0.29, 0.717) is 17.9 Å². The number of nitrogens with one attached hydrogen (secondary N) is 2. The summed E-state index contributed by atoms with van der Waals surface area (Å²) in [6, 6.07) is 23.8. The van der Waals surface area contributed by atoms with E-state index in [2.05, 4.69) is 27.4 Å². The smallest absolute Gasteiger partial charge is 0.224 e. The fourth-order valence-electron chi connectivity index (χ4n) is 4.79. The molecule has 3 aromatic heterocycles. The summed E-state index contributed by atoms with van der Waals surface area (Å²) in [4.78, 5) is 20.9. The minimum atomic E-state index is -0.0478. The minimum absolute atomic E-state index is 0.0478. The molecular formula is C30H25N3O3. The molecule has 6 heteroatoms. The fourth-order valence-corrected chi connectivity index (χ4v) is 4.79. The maximum absolute atomic E-state index is 13.1. The highest BCUT2D eigenvalue weighted by atomic mass is 16.5. The molecule has 0 aliphatic heterocycles. The fraction of sp³-hybridized carbons (Fsp3) is 0.133. The quantitative estimate of drug-likeness (QED) is 0.295. The molecule has 6 rings (SSSR count). The molecule has 2 N–H and O–H groups in total. The molecule has 0 atom stereocenters. The maximum Gasteiger partial charge on any atom is 0.224 e. The van der Waals surface area contributed by atoms with E-state index in [9.17, 15) is 4.79 Å². The number of amides is 1. The minimum Gasteiger partial charge on any atom is -0.497 e. The van der Waals surface area contributed by atoms with E-state index in [1.54, 1.807) is 13.3 Å². The van der Waals surface area contributed by atoms with Crippen molar-refractivity contribution < 1.29 is 13.9 Å². The van der Waals surface area contributed by atoms with Gasteiger partial charge in [-0.2, -0.15) is 0 Å². The molecule has 0 saturated carbocycles. The number of carbonyl (C=O) groups is 1. The molecule has 0 radical (unpaired) electrons. The number of carbonyl (C=O) groups excluding carboxylic acids is 1. The van der Waals surface area contributed by atoms with Gasteiger partial charge in [0.2, 0.25) is 5.91 Å². The van der Waals surface area contributed by atoms with Crippen molar-refractivity contribution in [2.24, 2.45) is 0 Å². The molecule has 178 valence electrons. The van der Waals surface area contributed by atoms with Crippen LogP contribution in [0.4, 0.5) is 0 Å². The monoisotopic (exact) mass is 475 g/mol. The van der Waals surface area contributed by atoms with Gasteiger partial charge in [0.15, 0.2) is 5.58 Å². The summed E-state index contributed by atoms with van der Waals surface area (Å²) in [5.74, 6) is 1.39. The highest BCUT2D eigenvalue weighted by molar-refractivity contribution is 6.06. The molecule has 6 nitrogen and oxygen atoms in total. The summed E-state index contributed by atoms with van der Waals surface area (Å²) in [6.07, 6.45) is 4.73. The Hall–Kier alpha value is -4.58. The van der Waals surface area contributed by atoms with E-state index < -0.39 is 0 Å². The summed E-state index contributed by atoms with van der Waals surface area (Å²) >= 11 is 0. The number of pyridine rings is 1. The maximum atomic E-state index is 13.1. The Balaban J connectivity index is 1.30. The Bertz CT molecular complexity index is 1700. The van der Waals surface area contributed by atoms with Crippen molar-refractivity contribution >= 4 is 38.7 Å². The van der Waals surface area contributed by atoms with Crippen molar-refractivity contribution in [3.63, 3.8) is 0 Å². The number of H-pyrrole nitrogens is 1. The van der Waals surface area contributed by atoms with Gasteiger partial charge >= 0.3 is 0 Å². The van der Waals surface area contributed by atoms with E-state index in [0.717, 1.165) is 45.1 Å². The highest BCUT2D eigenvalue weighted by Crippen LogP contribution is 2.37. The van der Waals surface area contributed by atoms with E-state index in [1.165, 1.54) is 10.9 Å². The van der Waals surface area contributed by atoms with Gasteiger partial charge in [-0.15, -0.1) is 0 Å². The zero-order chi connectivity index (χ0) is 24.5. The van der Waals surface area contributed by atoms with Gasteiger partial charge in [0.1, 0.15) is 17.0 Å². The number of hydrogen-bond acceptors (Lipinski definition) is 4. The Kier molecular flexibility index (Phi) is 5.62. The summed E-state index contributed by atoms with van der Waals surface area (Å²) in [5, 5.41) is 6.18. The standard InChI is InChI=1S/C30H25N3O3/c1-35-22-11-8-20(9-12-22)29-25(24-13-10-19-5-4-15-32-28(19)30(24)36-29)17-27(34)31-16-14-21-18-33-26-7-3-2-6-23(21)26/h2-13,15,18,33H,14,16-17H2,1H3,(H,31,34). The molecule has 6 aromatic rings. The third-order valence-corrected chi connectivity index (χ3v) is 6.61. The van der Waals surface area contributed by atoms with Crippen LogP contribution in [0.25, 0.3) is 44.1 Å². The van der Waals surface area contributed by atoms with Gasteiger partial charge in [0.05, 0.1) is 13.5 Å². The number of aromatic amines is 1. The average Bonchev–Trinajstić information content (AvgIpc) is 3.50. The van der Waals surface area contributed by atoms with Gasteiger partial charge in [-0.05, 0) is 48.4 Å². The molecule has 0 unspecified atom stereocenters. The SMILES string of the molecule is COc1ccc(-c2oc3c(ccc4cccnc43)c2CC(=O)NCCc2c[nH]c3ccccc23)cc1. The van der Waals surface area contributed by atoms with Crippen LogP contribution in [-0.2, 0) is 17.6 Å². The van der Waals surface area contributed by atoms with E-state index in [4.69, 9.17) is 9.15 Å². The first-order chi connectivity index (χ1) is 17.7. The molecule has 1 amide bonds. The topological polar surface area (TPSA) is 80.2 Å². The van der Waals surface area contributed by atoms with Crippen LogP contribution in [0.1, 0.15) is 11.1 Å².